The van der Waals surface area contributed by atoms with Crippen molar-refractivity contribution in [3.05, 3.63) is 65.9 Å². The predicted octanol–water partition coefficient (Wildman–Crippen LogP) is 3.01. The number of hydrogen-bond donors (Lipinski definition) is 1. The third kappa shape index (κ3) is 3.40. The third-order valence-electron chi connectivity index (χ3n) is 3.74. The van der Waals surface area contributed by atoms with E-state index in [2.05, 4.69) is 17.7 Å². The SMILES string of the molecule is COc1cc(OCN2C=C(c3ccccc3)N(C)N2)ccc1C. The predicted molar refractivity (Wildman–Crippen MR) is 90.4 cm³/mol. The van der Waals surface area contributed by atoms with Crippen LogP contribution in [-0.4, -0.2) is 30.9 Å². The van der Waals surface area contributed by atoms with E-state index in [-0.39, 0.29) is 0 Å². The zero-order valence-corrected chi connectivity index (χ0v) is 13.6. The van der Waals surface area contributed by atoms with E-state index in [1.54, 1.807) is 7.11 Å². The average Bonchev–Trinajstić information content (AvgIpc) is 2.96. The first-order chi connectivity index (χ1) is 11.2. The van der Waals surface area contributed by atoms with Gasteiger partial charge in [0.05, 0.1) is 12.8 Å². The summed E-state index contributed by atoms with van der Waals surface area (Å²) in [5.41, 5.74) is 6.57. The van der Waals surface area contributed by atoms with Crippen molar-refractivity contribution in [1.82, 2.24) is 15.6 Å². The molecule has 23 heavy (non-hydrogen) atoms. The lowest BCUT2D eigenvalue weighted by atomic mass is 10.2. The zero-order valence-electron chi connectivity index (χ0n) is 13.6. The summed E-state index contributed by atoms with van der Waals surface area (Å²) in [6.45, 7) is 2.40. The average molecular weight is 311 g/mol. The molecule has 5 nitrogen and oxygen atoms in total. The van der Waals surface area contributed by atoms with Crippen LogP contribution in [0.25, 0.3) is 5.70 Å². The maximum Gasteiger partial charge on any atom is 0.176 e. The summed E-state index contributed by atoms with van der Waals surface area (Å²) >= 11 is 0. The van der Waals surface area contributed by atoms with Gasteiger partial charge in [0.1, 0.15) is 11.5 Å². The number of aryl methyl sites for hydroxylation is 1. The Kier molecular flexibility index (Phi) is 4.39. The van der Waals surface area contributed by atoms with Gasteiger partial charge in [0.15, 0.2) is 6.73 Å². The molecule has 0 saturated heterocycles. The fraction of sp³-hybridized carbons (Fsp3) is 0.222. The van der Waals surface area contributed by atoms with Gasteiger partial charge in [-0.15, -0.1) is 5.53 Å². The van der Waals surface area contributed by atoms with E-state index in [0.717, 1.165) is 28.3 Å². The van der Waals surface area contributed by atoms with Crippen LogP contribution in [0.5, 0.6) is 11.5 Å². The molecular weight excluding hydrogens is 290 g/mol. The molecule has 2 aromatic carbocycles. The number of benzene rings is 2. The van der Waals surface area contributed by atoms with Gasteiger partial charge in [-0.25, -0.2) is 0 Å². The maximum atomic E-state index is 5.83. The molecule has 5 heteroatoms. The summed E-state index contributed by atoms with van der Waals surface area (Å²) in [5, 5.41) is 3.86. The summed E-state index contributed by atoms with van der Waals surface area (Å²) in [6.07, 6.45) is 2.03. The smallest absolute Gasteiger partial charge is 0.176 e. The highest BCUT2D eigenvalue weighted by molar-refractivity contribution is 5.64. The first-order valence-electron chi connectivity index (χ1n) is 7.49. The van der Waals surface area contributed by atoms with Crippen molar-refractivity contribution in [2.45, 2.75) is 6.92 Å². The molecular formula is C18H21N3O2. The van der Waals surface area contributed by atoms with Crippen LogP contribution in [0.4, 0.5) is 0 Å². The summed E-state index contributed by atoms with van der Waals surface area (Å²) < 4.78 is 11.2. The van der Waals surface area contributed by atoms with Gasteiger partial charge in [0, 0.05) is 24.9 Å². The molecule has 120 valence electrons. The van der Waals surface area contributed by atoms with E-state index in [1.807, 2.05) is 66.6 Å². The Labute approximate surface area is 136 Å². The number of nitrogens with zero attached hydrogens (tertiary/aromatic N) is 2. The van der Waals surface area contributed by atoms with Crippen LogP contribution in [0, 0.1) is 6.92 Å². The minimum atomic E-state index is 0.396. The second-order valence-corrected chi connectivity index (χ2v) is 5.41. The Bertz CT molecular complexity index is 701. The second-order valence-electron chi connectivity index (χ2n) is 5.41. The number of hydrogen-bond acceptors (Lipinski definition) is 5. The second kappa shape index (κ2) is 6.62. The lowest BCUT2D eigenvalue weighted by Gasteiger charge is -2.21. The molecule has 1 N–H and O–H groups in total. The van der Waals surface area contributed by atoms with Crippen LogP contribution in [0.3, 0.4) is 0 Å². The van der Waals surface area contributed by atoms with Crippen molar-refractivity contribution in [3.8, 4) is 11.5 Å². The fourth-order valence-corrected chi connectivity index (χ4v) is 2.49. The van der Waals surface area contributed by atoms with Crippen LogP contribution < -0.4 is 15.0 Å². The molecule has 0 aromatic heterocycles. The maximum absolute atomic E-state index is 5.83. The van der Waals surface area contributed by atoms with Gasteiger partial charge in [-0.1, -0.05) is 36.4 Å². The molecule has 0 radical (unpaired) electrons. The number of nitrogens with one attached hydrogen (secondary N) is 1. The summed E-state index contributed by atoms with van der Waals surface area (Å²) in [4.78, 5) is 0. The summed E-state index contributed by atoms with van der Waals surface area (Å²) in [7, 11) is 3.64. The number of ether oxygens (including phenoxy) is 2. The quantitative estimate of drug-likeness (QED) is 0.919. The van der Waals surface area contributed by atoms with Crippen LogP contribution in [0.2, 0.25) is 0 Å². The van der Waals surface area contributed by atoms with Gasteiger partial charge >= 0.3 is 0 Å². The van der Waals surface area contributed by atoms with Crippen molar-refractivity contribution in [2.24, 2.45) is 0 Å². The zero-order chi connectivity index (χ0) is 16.2. The molecule has 0 spiro atoms. The van der Waals surface area contributed by atoms with Gasteiger partial charge in [0.25, 0.3) is 0 Å². The molecule has 1 heterocycles. The fourth-order valence-electron chi connectivity index (χ4n) is 2.49. The number of methoxy groups -OCH3 is 1. The highest BCUT2D eigenvalue weighted by Crippen LogP contribution is 2.25. The largest absolute Gasteiger partial charge is 0.496 e. The molecule has 0 atom stereocenters. The molecule has 0 bridgehead atoms. The minimum Gasteiger partial charge on any atom is -0.496 e. The van der Waals surface area contributed by atoms with Crippen molar-refractivity contribution < 1.29 is 9.47 Å². The molecule has 1 aliphatic rings. The van der Waals surface area contributed by atoms with Gasteiger partial charge in [0.2, 0.25) is 0 Å². The molecule has 1 aliphatic heterocycles. The van der Waals surface area contributed by atoms with Gasteiger partial charge in [-0.2, -0.15) is 0 Å². The van der Waals surface area contributed by atoms with Gasteiger partial charge in [-0.3, -0.25) is 10.0 Å². The Balaban J connectivity index is 1.66. The minimum absolute atomic E-state index is 0.396. The normalized spacial score (nSPS) is 14.0. The van der Waals surface area contributed by atoms with Gasteiger partial charge in [-0.05, 0) is 18.6 Å². The van der Waals surface area contributed by atoms with Crippen molar-refractivity contribution in [3.63, 3.8) is 0 Å². The van der Waals surface area contributed by atoms with Crippen LogP contribution in [0.1, 0.15) is 11.1 Å². The van der Waals surface area contributed by atoms with E-state index >= 15 is 0 Å². The molecule has 2 aromatic rings. The Morgan fingerprint density at radius 1 is 1.09 bits per heavy atom. The molecule has 0 saturated carbocycles. The third-order valence-corrected chi connectivity index (χ3v) is 3.74. The topological polar surface area (TPSA) is 37.0 Å². The van der Waals surface area contributed by atoms with Gasteiger partial charge < -0.3 is 9.47 Å². The van der Waals surface area contributed by atoms with Crippen molar-refractivity contribution in [2.75, 3.05) is 20.9 Å². The Morgan fingerprint density at radius 3 is 2.61 bits per heavy atom. The molecule has 0 aliphatic carbocycles. The summed E-state index contributed by atoms with van der Waals surface area (Å²) in [5.74, 6) is 1.60. The molecule has 0 amide bonds. The van der Waals surface area contributed by atoms with E-state index in [9.17, 15) is 0 Å². The lowest BCUT2D eigenvalue weighted by Crippen LogP contribution is -2.39. The number of hydrazine groups is 2. The highest BCUT2D eigenvalue weighted by atomic mass is 16.5. The molecule has 0 unspecified atom stereocenters. The number of rotatable bonds is 5. The van der Waals surface area contributed by atoms with Crippen LogP contribution in [0.15, 0.2) is 54.7 Å². The first-order valence-corrected chi connectivity index (χ1v) is 7.49. The van der Waals surface area contributed by atoms with E-state index in [1.165, 1.54) is 0 Å². The van der Waals surface area contributed by atoms with E-state index in [4.69, 9.17) is 9.47 Å². The molecule has 0 fully saturated rings. The van der Waals surface area contributed by atoms with E-state index in [0.29, 0.717) is 6.73 Å². The standard InChI is InChI=1S/C18H21N3O2/c1-14-9-10-16(11-18(14)22-3)23-13-21-12-17(20(2)19-21)15-7-5-4-6-8-15/h4-12,19H,13H2,1-3H3. The Morgan fingerprint density at radius 2 is 1.87 bits per heavy atom. The molecule has 3 rings (SSSR count). The van der Waals surface area contributed by atoms with Crippen LogP contribution in [-0.2, 0) is 0 Å². The monoisotopic (exact) mass is 311 g/mol. The van der Waals surface area contributed by atoms with Crippen molar-refractivity contribution >= 4 is 5.70 Å². The van der Waals surface area contributed by atoms with E-state index < -0.39 is 0 Å². The Hall–Kier alpha value is -2.66. The summed E-state index contributed by atoms with van der Waals surface area (Å²) in [6, 6.07) is 16.1. The van der Waals surface area contributed by atoms with Crippen LogP contribution >= 0.6 is 0 Å². The lowest BCUT2D eigenvalue weighted by molar-refractivity contribution is 0.0803. The first kappa shape index (κ1) is 15.2. The van der Waals surface area contributed by atoms with Crippen molar-refractivity contribution in [1.29, 1.82) is 0 Å². The highest BCUT2D eigenvalue weighted by Gasteiger charge is 2.18.